The van der Waals surface area contributed by atoms with Crippen LogP contribution in [0.2, 0.25) is 0 Å². The average Bonchev–Trinajstić information content (AvgIpc) is 2.59. The third-order valence-corrected chi connectivity index (χ3v) is 3.28. The zero-order valence-corrected chi connectivity index (χ0v) is 9.69. The van der Waals surface area contributed by atoms with E-state index < -0.39 is 5.60 Å². The maximum Gasteiger partial charge on any atom is 0.410 e. The predicted octanol–water partition coefficient (Wildman–Crippen LogP) is 1.34. The molecule has 2 aliphatic rings. The summed E-state index contributed by atoms with van der Waals surface area (Å²) >= 11 is 0. The van der Waals surface area contributed by atoms with Crippen LogP contribution in [-0.4, -0.2) is 35.2 Å². The molecule has 4 heteroatoms. The van der Waals surface area contributed by atoms with Crippen molar-refractivity contribution in [2.75, 3.05) is 6.54 Å². The molecule has 1 heterocycles. The largest absolute Gasteiger partial charge is 0.444 e. The number of hydrogen-bond donors (Lipinski definition) is 1. The Morgan fingerprint density at radius 1 is 1.40 bits per heavy atom. The number of nitrogens with two attached hydrogens (primary N) is 1. The van der Waals surface area contributed by atoms with E-state index in [1.165, 1.54) is 0 Å². The second kappa shape index (κ2) is 3.37. The summed E-state index contributed by atoms with van der Waals surface area (Å²) in [6, 6.07) is 0.377. The van der Waals surface area contributed by atoms with Crippen LogP contribution in [0, 0.1) is 5.92 Å². The Kier molecular flexibility index (Phi) is 2.41. The molecule has 0 aromatic rings. The van der Waals surface area contributed by atoms with Gasteiger partial charge < -0.3 is 15.4 Å². The lowest BCUT2D eigenvalue weighted by molar-refractivity contribution is 0.0188. The van der Waals surface area contributed by atoms with Crippen LogP contribution in [0.15, 0.2) is 0 Å². The molecule has 1 saturated carbocycles. The molecule has 0 radical (unpaired) electrons. The summed E-state index contributed by atoms with van der Waals surface area (Å²) in [5, 5.41) is 0. The van der Waals surface area contributed by atoms with Crippen LogP contribution in [0.5, 0.6) is 0 Å². The third-order valence-electron chi connectivity index (χ3n) is 3.28. The van der Waals surface area contributed by atoms with Gasteiger partial charge in [-0.3, -0.25) is 0 Å². The first-order valence-electron chi connectivity index (χ1n) is 5.64. The zero-order valence-electron chi connectivity index (χ0n) is 9.69. The average molecular weight is 212 g/mol. The minimum atomic E-state index is -0.414. The molecule has 1 aliphatic carbocycles. The molecule has 1 unspecified atom stereocenters. The fourth-order valence-electron chi connectivity index (χ4n) is 2.58. The second-order valence-corrected chi connectivity index (χ2v) is 5.61. The number of nitrogens with zero attached hydrogens (tertiary/aromatic N) is 1. The van der Waals surface area contributed by atoms with Gasteiger partial charge in [-0.15, -0.1) is 0 Å². The molecule has 0 aromatic carbocycles. The molecule has 1 saturated heterocycles. The van der Waals surface area contributed by atoms with Gasteiger partial charge in [0.05, 0.1) is 6.04 Å². The molecule has 0 aromatic heterocycles. The van der Waals surface area contributed by atoms with Gasteiger partial charge in [0.2, 0.25) is 0 Å². The van der Waals surface area contributed by atoms with Gasteiger partial charge in [0, 0.05) is 12.6 Å². The Labute approximate surface area is 90.8 Å². The van der Waals surface area contributed by atoms with Gasteiger partial charge in [0.15, 0.2) is 0 Å². The lowest BCUT2D eigenvalue weighted by atomic mass is 10.1. The number of carbonyl (C=O) groups excluding carboxylic acids is 1. The Morgan fingerprint density at radius 2 is 2.07 bits per heavy atom. The van der Waals surface area contributed by atoms with Gasteiger partial charge in [0.1, 0.15) is 5.60 Å². The highest BCUT2D eigenvalue weighted by Crippen LogP contribution is 2.37. The van der Waals surface area contributed by atoms with Gasteiger partial charge in [-0.05, 0) is 39.5 Å². The van der Waals surface area contributed by atoms with Gasteiger partial charge in [-0.25, -0.2) is 4.79 Å². The number of piperidine rings is 1. The number of rotatable bonds is 0. The maximum atomic E-state index is 11.8. The first kappa shape index (κ1) is 10.7. The SMILES string of the molecule is CC(C)(C)OC(=O)N1C[C@H]2CC[C@@H]1C2N. The Morgan fingerprint density at radius 3 is 2.47 bits per heavy atom. The summed E-state index contributed by atoms with van der Waals surface area (Å²) in [6.07, 6.45) is 1.99. The van der Waals surface area contributed by atoms with E-state index >= 15 is 0 Å². The van der Waals surface area contributed by atoms with Crippen LogP contribution in [0.4, 0.5) is 4.79 Å². The van der Waals surface area contributed by atoms with E-state index in [4.69, 9.17) is 10.5 Å². The van der Waals surface area contributed by atoms with Crippen molar-refractivity contribution >= 4 is 6.09 Å². The quantitative estimate of drug-likeness (QED) is 0.659. The summed E-state index contributed by atoms with van der Waals surface area (Å²) in [7, 11) is 0. The molecule has 2 N–H and O–H groups in total. The molecule has 4 nitrogen and oxygen atoms in total. The van der Waals surface area contributed by atoms with Crippen molar-refractivity contribution in [1.29, 1.82) is 0 Å². The van der Waals surface area contributed by atoms with Crippen LogP contribution >= 0.6 is 0 Å². The highest BCUT2D eigenvalue weighted by atomic mass is 16.6. The topological polar surface area (TPSA) is 55.6 Å². The molecule has 15 heavy (non-hydrogen) atoms. The smallest absolute Gasteiger partial charge is 0.410 e. The van der Waals surface area contributed by atoms with Crippen molar-refractivity contribution in [3.8, 4) is 0 Å². The number of ether oxygens (including phenoxy) is 1. The van der Waals surface area contributed by atoms with Gasteiger partial charge in [0.25, 0.3) is 0 Å². The Balaban J connectivity index is 1.99. The summed E-state index contributed by atoms with van der Waals surface area (Å²) in [4.78, 5) is 13.7. The summed E-state index contributed by atoms with van der Waals surface area (Å²) < 4.78 is 5.35. The van der Waals surface area contributed by atoms with Crippen LogP contribution in [0.3, 0.4) is 0 Å². The molecule has 2 bridgehead atoms. The van der Waals surface area contributed by atoms with Crippen molar-refractivity contribution in [2.24, 2.45) is 11.7 Å². The van der Waals surface area contributed by atoms with Crippen LogP contribution in [0.25, 0.3) is 0 Å². The van der Waals surface area contributed by atoms with E-state index in [1.807, 2.05) is 25.7 Å². The van der Waals surface area contributed by atoms with Gasteiger partial charge >= 0.3 is 6.09 Å². The minimum Gasteiger partial charge on any atom is -0.444 e. The van der Waals surface area contributed by atoms with E-state index in [-0.39, 0.29) is 18.2 Å². The molecular formula is C11H20N2O2. The van der Waals surface area contributed by atoms with Crippen molar-refractivity contribution in [2.45, 2.75) is 51.3 Å². The molecule has 2 fully saturated rings. The lowest BCUT2D eigenvalue weighted by Gasteiger charge is -2.30. The number of hydrogen-bond acceptors (Lipinski definition) is 3. The molecular weight excluding hydrogens is 192 g/mol. The van der Waals surface area contributed by atoms with Crippen molar-refractivity contribution in [1.82, 2.24) is 4.90 Å². The first-order valence-corrected chi connectivity index (χ1v) is 5.64. The normalized spacial score (nSPS) is 34.7. The maximum absolute atomic E-state index is 11.8. The number of likely N-dealkylation sites (tertiary alicyclic amines) is 1. The van der Waals surface area contributed by atoms with E-state index in [1.54, 1.807) is 0 Å². The third kappa shape index (κ3) is 1.95. The Bertz CT molecular complexity index is 272. The minimum absolute atomic E-state index is 0.164. The lowest BCUT2D eigenvalue weighted by Crippen LogP contribution is -2.44. The molecule has 1 aliphatic heterocycles. The summed E-state index contributed by atoms with van der Waals surface area (Å²) in [5.41, 5.74) is 5.61. The fourth-order valence-corrected chi connectivity index (χ4v) is 2.58. The highest BCUT2D eigenvalue weighted by molar-refractivity contribution is 5.69. The van der Waals surface area contributed by atoms with E-state index in [9.17, 15) is 4.79 Å². The van der Waals surface area contributed by atoms with Crippen molar-refractivity contribution < 1.29 is 9.53 Å². The predicted molar refractivity (Wildman–Crippen MR) is 57.4 cm³/mol. The molecule has 2 rings (SSSR count). The summed E-state index contributed by atoms with van der Waals surface area (Å²) in [5.74, 6) is 0.488. The number of fused-ring (bicyclic) bond motifs is 2. The molecule has 3 atom stereocenters. The molecule has 1 amide bonds. The molecule has 0 spiro atoms. The highest BCUT2D eigenvalue weighted by Gasteiger charge is 2.47. The number of amides is 1. The Hall–Kier alpha value is -0.770. The monoisotopic (exact) mass is 212 g/mol. The van der Waals surface area contributed by atoms with E-state index in [2.05, 4.69) is 0 Å². The van der Waals surface area contributed by atoms with Crippen molar-refractivity contribution in [3.63, 3.8) is 0 Å². The van der Waals surface area contributed by atoms with Crippen LogP contribution in [-0.2, 0) is 4.74 Å². The fraction of sp³-hybridized carbons (Fsp3) is 0.909. The van der Waals surface area contributed by atoms with Crippen molar-refractivity contribution in [3.05, 3.63) is 0 Å². The zero-order chi connectivity index (χ0) is 11.2. The van der Waals surface area contributed by atoms with Crippen LogP contribution < -0.4 is 5.73 Å². The second-order valence-electron chi connectivity index (χ2n) is 5.61. The van der Waals surface area contributed by atoms with E-state index in [0.717, 1.165) is 19.4 Å². The van der Waals surface area contributed by atoms with Gasteiger partial charge in [-0.1, -0.05) is 0 Å². The summed E-state index contributed by atoms with van der Waals surface area (Å²) in [6.45, 7) is 6.44. The van der Waals surface area contributed by atoms with E-state index in [0.29, 0.717) is 5.92 Å². The first-order chi connectivity index (χ1) is 6.88. The van der Waals surface area contributed by atoms with Crippen LogP contribution in [0.1, 0.15) is 33.6 Å². The van der Waals surface area contributed by atoms with Gasteiger partial charge in [-0.2, -0.15) is 0 Å². The molecule has 86 valence electrons. The number of carbonyl (C=O) groups is 1. The standard InChI is InChI=1S/C11H20N2O2/c1-11(2,3)15-10(14)13-6-7-4-5-8(13)9(7)12/h7-9H,4-6,12H2,1-3H3/t7-,8-,9?/m1/s1.